The van der Waals surface area contributed by atoms with Crippen LogP contribution in [0.4, 0.5) is 5.95 Å². The van der Waals surface area contributed by atoms with Crippen molar-refractivity contribution in [1.29, 1.82) is 0 Å². The van der Waals surface area contributed by atoms with Gasteiger partial charge in [0, 0.05) is 12.5 Å². The molecule has 11 heteroatoms. The Labute approximate surface area is 472 Å². The highest BCUT2D eigenvalue weighted by Crippen LogP contribution is 2.45. The molecule has 11 rings (SSSR count). The maximum Gasteiger partial charge on any atom is 0.280 e. The van der Waals surface area contributed by atoms with Gasteiger partial charge in [-0.25, -0.2) is 4.98 Å². The molecule has 11 aromatic rings. The van der Waals surface area contributed by atoms with Crippen molar-refractivity contribution in [3.8, 4) is 17.2 Å². The number of hydrogen-bond donors (Lipinski definition) is 2. The van der Waals surface area contributed by atoms with E-state index in [1.807, 2.05) is 162 Å². The largest absolute Gasteiger partial charge is 0.497 e. The van der Waals surface area contributed by atoms with Crippen LogP contribution in [0.15, 0.2) is 266 Å². The van der Waals surface area contributed by atoms with Crippen molar-refractivity contribution in [3.05, 3.63) is 322 Å². The van der Waals surface area contributed by atoms with Crippen LogP contribution in [-0.4, -0.2) is 54.1 Å². The lowest BCUT2D eigenvalue weighted by molar-refractivity contribution is -0.0584. The third kappa shape index (κ3) is 10.7. The van der Waals surface area contributed by atoms with Crippen molar-refractivity contribution in [2.24, 2.45) is 5.92 Å². The van der Waals surface area contributed by atoms with E-state index in [2.05, 4.69) is 107 Å². The highest BCUT2D eigenvalue weighted by atomic mass is 16.5. The molecule has 0 unspecified atom stereocenters. The second-order valence-corrected chi connectivity index (χ2v) is 19.9. The number of fused-ring (bicyclic) bond motifs is 1. The van der Waals surface area contributed by atoms with Crippen LogP contribution in [0, 0.1) is 5.92 Å². The zero-order valence-electron chi connectivity index (χ0n) is 45.5. The number of benzene rings is 9. The summed E-state index contributed by atoms with van der Waals surface area (Å²) >= 11 is 0. The normalized spacial score (nSPS) is 11.9. The van der Waals surface area contributed by atoms with Gasteiger partial charge in [0.25, 0.3) is 5.56 Å². The summed E-state index contributed by atoms with van der Waals surface area (Å²) in [6.07, 6.45) is 2.23. The fourth-order valence-corrected chi connectivity index (χ4v) is 11.2. The van der Waals surface area contributed by atoms with Crippen LogP contribution < -0.4 is 25.1 Å². The summed E-state index contributed by atoms with van der Waals surface area (Å²) in [6.45, 7) is 0.886. The third-order valence-electron chi connectivity index (χ3n) is 15.3. The monoisotopic (exact) mass is 1070 g/mol. The molecule has 2 N–H and O–H groups in total. The zero-order chi connectivity index (χ0) is 55.5. The number of ether oxygens (including phenoxy) is 5. The predicted molar refractivity (Wildman–Crippen MR) is 319 cm³/mol. The molecule has 0 aliphatic rings. The fraction of sp³-hybridized carbons (Fsp3) is 0.157. The van der Waals surface area contributed by atoms with Crippen molar-refractivity contribution in [3.63, 3.8) is 0 Å². The molecular weight excluding hydrogens is 1010 g/mol. The number of nitrogens with zero attached hydrogens (tertiary/aromatic N) is 3. The van der Waals surface area contributed by atoms with Gasteiger partial charge in [-0.2, -0.15) is 4.98 Å². The second kappa shape index (κ2) is 24.2. The van der Waals surface area contributed by atoms with E-state index in [0.29, 0.717) is 18.6 Å². The van der Waals surface area contributed by atoms with Crippen molar-refractivity contribution in [2.45, 2.75) is 29.7 Å². The predicted octanol–water partition coefficient (Wildman–Crippen LogP) is 13.6. The molecular formula is C70H63N5O6. The molecule has 9 aromatic carbocycles. The summed E-state index contributed by atoms with van der Waals surface area (Å²) < 4.78 is 34.3. The van der Waals surface area contributed by atoms with Crippen molar-refractivity contribution in [2.75, 3.05) is 39.9 Å². The number of aromatic amines is 1. The number of H-pyrrole nitrogens is 1. The van der Waals surface area contributed by atoms with E-state index in [1.165, 1.54) is 0 Å². The Morgan fingerprint density at radius 3 is 1.12 bits per heavy atom. The second-order valence-electron chi connectivity index (χ2n) is 19.9. The Bertz CT molecular complexity index is 3550. The molecule has 0 aliphatic carbocycles. The zero-order valence-corrected chi connectivity index (χ0v) is 45.5. The van der Waals surface area contributed by atoms with Crippen LogP contribution in [0.1, 0.15) is 56.5 Å². The summed E-state index contributed by atoms with van der Waals surface area (Å²) in [7, 11) is 5.00. The van der Waals surface area contributed by atoms with Gasteiger partial charge in [0.2, 0.25) is 5.95 Å². The summed E-state index contributed by atoms with van der Waals surface area (Å²) in [5.74, 6) is 2.18. The highest BCUT2D eigenvalue weighted by Gasteiger charge is 2.42. The number of aromatic nitrogens is 4. The number of imidazole rings is 1. The van der Waals surface area contributed by atoms with Gasteiger partial charge in [0.05, 0.1) is 40.9 Å². The minimum absolute atomic E-state index is 0.220. The third-order valence-corrected chi connectivity index (χ3v) is 15.3. The van der Waals surface area contributed by atoms with E-state index in [1.54, 1.807) is 27.7 Å². The Hall–Kier alpha value is -9.55. The van der Waals surface area contributed by atoms with Gasteiger partial charge in [-0.15, -0.1) is 0 Å². The molecule has 11 nitrogen and oxygen atoms in total. The standard InChI is InChI=1S/C70H63N5O6/c1-77-61-40-34-54(35-41-61)68(52-22-10-4-11-23-52,53-24-12-5-13-25-53)74-67-72-65-64(66(76)73-67)71-50-75(65)47-46-51(48-80-69(55-26-14-6-15-27-55,56-28-16-7-17-29-56)59-36-42-62(78-2)43-37-59)49-81-70(57-30-18-8-19-31-57,58-32-20-9-21-33-58)60-38-44-63(79-3)45-39-60/h4-45,50-51H,46-49H2,1-3H3,(H2,72,73,74,76). The van der Waals surface area contributed by atoms with Gasteiger partial charge in [-0.1, -0.05) is 218 Å². The van der Waals surface area contributed by atoms with Gasteiger partial charge in [-0.05, 0) is 92.9 Å². The van der Waals surface area contributed by atoms with Gasteiger partial charge < -0.3 is 33.6 Å². The first-order valence-electron chi connectivity index (χ1n) is 27.2. The molecule has 0 bridgehead atoms. The van der Waals surface area contributed by atoms with E-state index in [4.69, 9.17) is 33.7 Å². The van der Waals surface area contributed by atoms with E-state index in [9.17, 15) is 4.79 Å². The minimum Gasteiger partial charge on any atom is -0.497 e. The van der Waals surface area contributed by atoms with Gasteiger partial charge in [-0.3, -0.25) is 9.78 Å². The van der Waals surface area contributed by atoms with E-state index in [-0.39, 0.29) is 36.2 Å². The molecule has 0 radical (unpaired) electrons. The summed E-state index contributed by atoms with van der Waals surface area (Å²) in [5.41, 5.74) is 5.63. The molecule has 0 saturated carbocycles. The number of anilines is 1. The fourth-order valence-electron chi connectivity index (χ4n) is 11.2. The van der Waals surface area contributed by atoms with Crippen LogP contribution in [0.3, 0.4) is 0 Å². The van der Waals surface area contributed by atoms with Crippen LogP contribution in [0.25, 0.3) is 11.2 Å². The molecule has 0 amide bonds. The maximum atomic E-state index is 14.4. The summed E-state index contributed by atoms with van der Waals surface area (Å²) in [4.78, 5) is 27.4. The first-order chi connectivity index (χ1) is 39.9. The number of aryl methyl sites for hydroxylation is 1. The molecule has 2 heterocycles. The summed E-state index contributed by atoms with van der Waals surface area (Å²) in [5, 5.41) is 3.77. The molecule has 81 heavy (non-hydrogen) atoms. The lowest BCUT2D eigenvalue weighted by Crippen LogP contribution is -2.39. The average Bonchev–Trinajstić information content (AvgIpc) is 4.08. The smallest absolute Gasteiger partial charge is 0.280 e. The van der Waals surface area contributed by atoms with Gasteiger partial charge >= 0.3 is 0 Å². The topological polar surface area (TPSA) is 122 Å². The van der Waals surface area contributed by atoms with Gasteiger partial charge in [0.1, 0.15) is 34.0 Å². The lowest BCUT2D eigenvalue weighted by atomic mass is 9.77. The highest BCUT2D eigenvalue weighted by molar-refractivity contribution is 5.71. The molecule has 0 atom stereocenters. The Balaban J connectivity index is 1.02. The molecule has 0 fully saturated rings. The quantitative estimate of drug-likeness (QED) is 0.0603. The number of nitrogens with one attached hydrogen (secondary N) is 2. The first-order valence-corrected chi connectivity index (χ1v) is 27.2. The Morgan fingerprint density at radius 1 is 0.444 bits per heavy atom. The average molecular weight is 1070 g/mol. The minimum atomic E-state index is -1.07. The van der Waals surface area contributed by atoms with Gasteiger partial charge in [0.15, 0.2) is 11.2 Å². The van der Waals surface area contributed by atoms with Crippen molar-refractivity contribution >= 4 is 17.1 Å². The molecule has 0 saturated heterocycles. The van der Waals surface area contributed by atoms with Crippen LogP contribution in [-0.2, 0) is 32.8 Å². The maximum absolute atomic E-state index is 14.4. The van der Waals surface area contributed by atoms with E-state index in [0.717, 1.165) is 67.3 Å². The lowest BCUT2D eigenvalue weighted by Gasteiger charge is -2.39. The Kier molecular flexibility index (Phi) is 16.0. The van der Waals surface area contributed by atoms with E-state index < -0.39 is 16.7 Å². The summed E-state index contributed by atoms with van der Waals surface area (Å²) in [6, 6.07) is 85.9. The van der Waals surface area contributed by atoms with Crippen molar-refractivity contribution in [1.82, 2.24) is 19.5 Å². The first kappa shape index (κ1) is 53.5. The molecule has 404 valence electrons. The molecule has 2 aromatic heterocycles. The number of rotatable bonds is 23. The SMILES string of the molecule is COc1ccc(C(Nc2nc3c(ncn3CCC(COC(c3ccccc3)(c3ccccc3)c3ccc(OC)cc3)COC(c3ccccc3)(c3ccccc3)c3ccc(OC)cc3)c(=O)[nH]2)(c2ccccc2)c2ccccc2)cc1. The number of hydrogen-bond acceptors (Lipinski definition) is 9. The van der Waals surface area contributed by atoms with Crippen molar-refractivity contribution < 1.29 is 23.7 Å². The van der Waals surface area contributed by atoms with Crippen LogP contribution in [0.2, 0.25) is 0 Å². The molecule has 0 spiro atoms. The Morgan fingerprint density at radius 2 is 0.765 bits per heavy atom. The molecule has 0 aliphatic heterocycles. The number of methoxy groups -OCH3 is 3. The van der Waals surface area contributed by atoms with Crippen LogP contribution in [0.5, 0.6) is 17.2 Å². The van der Waals surface area contributed by atoms with Crippen LogP contribution >= 0.6 is 0 Å². The van der Waals surface area contributed by atoms with E-state index >= 15 is 0 Å².